The molecule has 8 radical (unpaired) electrons. The maximum Gasteiger partial charge on any atom is 0.411 e. The highest BCUT2D eigenvalue weighted by atomic mass is 16.6. The molecule has 2 aromatic carbocycles. The van der Waals surface area contributed by atoms with Crippen molar-refractivity contribution >= 4 is 76.5 Å². The molecule has 254 valence electrons. The second-order valence-electron chi connectivity index (χ2n) is 15.5. The van der Waals surface area contributed by atoms with Crippen molar-refractivity contribution in [2.75, 3.05) is 13.1 Å². The summed E-state index contributed by atoms with van der Waals surface area (Å²) < 4.78 is 11.3. The number of hydrogen-bond donors (Lipinski definition) is 2. The Morgan fingerprint density at radius 2 is 1.57 bits per heavy atom. The van der Waals surface area contributed by atoms with Crippen molar-refractivity contribution in [3.05, 3.63) is 47.2 Å². The van der Waals surface area contributed by atoms with E-state index >= 15 is 0 Å². The molecule has 0 spiro atoms. The zero-order valence-electron chi connectivity index (χ0n) is 30.4. The fourth-order valence-corrected chi connectivity index (χ4v) is 6.77. The Morgan fingerprint density at radius 3 is 2.24 bits per heavy atom. The van der Waals surface area contributed by atoms with Crippen molar-refractivity contribution in [3.8, 4) is 23.1 Å². The number of nitrogens with zero attached hydrogens (tertiary/aromatic N) is 4. The number of amides is 2. The highest BCUT2D eigenvalue weighted by Crippen LogP contribution is 2.39. The topological polar surface area (TPSA) is 116 Å². The largest absolute Gasteiger partial charge is 0.444 e. The van der Waals surface area contributed by atoms with Crippen molar-refractivity contribution in [2.45, 2.75) is 96.9 Å². The van der Waals surface area contributed by atoms with Crippen LogP contribution in [0.4, 0.5) is 9.59 Å². The number of ether oxygens (including phenoxy) is 2. The van der Waals surface area contributed by atoms with Crippen LogP contribution in [0.5, 0.6) is 0 Å². The average molecular weight is 676 g/mol. The van der Waals surface area contributed by atoms with E-state index in [1.807, 2.05) is 66.7 Å². The van der Waals surface area contributed by atoms with Gasteiger partial charge >= 0.3 is 12.2 Å². The zero-order chi connectivity index (χ0) is 37.0. The summed E-state index contributed by atoms with van der Waals surface area (Å²) in [5.41, 5.74) is 2.41. The van der Waals surface area contributed by atoms with Crippen LogP contribution in [0.1, 0.15) is 103 Å². The molecule has 2 amide bonds. The summed E-state index contributed by atoms with van der Waals surface area (Å²) in [6, 6.07) is 5.33. The third-order valence-corrected chi connectivity index (χ3v) is 9.30. The summed E-state index contributed by atoms with van der Waals surface area (Å²) in [5.74, 6) is 7.49. The molecule has 2 atom stereocenters. The molecule has 1 unspecified atom stereocenters. The van der Waals surface area contributed by atoms with Crippen LogP contribution in [-0.2, 0) is 15.0 Å². The molecule has 2 aromatic heterocycles. The third kappa shape index (κ3) is 7.17. The molecule has 4 heterocycles. The number of fused-ring (bicyclic) bond motifs is 1. The van der Waals surface area contributed by atoms with E-state index in [4.69, 9.17) is 45.8 Å². The number of aromatic amines is 2. The molecule has 14 heteroatoms. The van der Waals surface area contributed by atoms with Gasteiger partial charge in [0.25, 0.3) is 0 Å². The number of imidazole rings is 2. The van der Waals surface area contributed by atoms with Crippen LogP contribution in [0.3, 0.4) is 0 Å². The molecule has 2 aliphatic heterocycles. The number of nitrogens with one attached hydrogen (secondary N) is 2. The standard InChI is InChI=1S/C37H40B4N6O4/c1-35(2,3)50-33(48)46-16-8-10-25(46)31-42-19-24(43-31)26-29(40)27(38)21(28(39)30(26)41)13-11-20-12-14-22-23(18-20)45-32(44-22)37(7)15-9-17-47(37)34(49)51-36(4,5)6/h12,14,18-19,25H,8-10,15-17H2,1-7H3,(H,42,43)(H,44,45)/t25-,37?/m0/s1. The van der Waals surface area contributed by atoms with Gasteiger partial charge in [-0.25, -0.2) is 19.6 Å². The number of likely N-dealkylation sites (tertiary alicyclic amines) is 2. The summed E-state index contributed by atoms with van der Waals surface area (Å²) in [4.78, 5) is 45.5. The molecule has 2 aliphatic rings. The van der Waals surface area contributed by atoms with Gasteiger partial charge in [-0.3, -0.25) is 9.80 Å². The van der Waals surface area contributed by atoms with Gasteiger partial charge in [0.15, 0.2) is 0 Å². The normalized spacial score (nSPS) is 19.3. The van der Waals surface area contributed by atoms with Crippen LogP contribution in [0.25, 0.3) is 22.3 Å². The molecule has 0 bridgehead atoms. The molecule has 0 aliphatic carbocycles. The van der Waals surface area contributed by atoms with Crippen LogP contribution in [0.2, 0.25) is 0 Å². The van der Waals surface area contributed by atoms with Gasteiger partial charge < -0.3 is 19.4 Å². The highest BCUT2D eigenvalue weighted by molar-refractivity contribution is 6.60. The van der Waals surface area contributed by atoms with Crippen molar-refractivity contribution in [1.82, 2.24) is 29.7 Å². The summed E-state index contributed by atoms with van der Waals surface area (Å²) in [7, 11) is 26.2. The molecule has 2 N–H and O–H groups in total. The Kier molecular flexibility index (Phi) is 9.41. The molecule has 0 saturated carbocycles. The minimum absolute atomic E-state index is 0.192. The first-order valence-electron chi connectivity index (χ1n) is 17.2. The van der Waals surface area contributed by atoms with Gasteiger partial charge in [0.2, 0.25) is 0 Å². The molecule has 6 rings (SSSR count). The SMILES string of the molecule is [B]c1c([B])c(-c2cnc([C@@H]3CCCN3C(=O)OC(C)(C)C)[nH]2)c([B])c([B])c1C#Cc1ccc2nc(C3(C)CCCN3C(=O)OC(C)(C)C)[nH]c2c1. The van der Waals surface area contributed by atoms with E-state index < -0.39 is 22.8 Å². The smallest absolute Gasteiger partial charge is 0.411 e. The first-order valence-corrected chi connectivity index (χ1v) is 17.2. The van der Waals surface area contributed by atoms with E-state index in [0.29, 0.717) is 47.1 Å². The Hall–Kier alpha value is -4.52. The molecule has 10 nitrogen and oxygen atoms in total. The lowest BCUT2D eigenvalue weighted by Crippen LogP contribution is -2.46. The van der Waals surface area contributed by atoms with Crippen molar-refractivity contribution in [1.29, 1.82) is 0 Å². The number of benzene rings is 2. The number of H-pyrrole nitrogens is 2. The van der Waals surface area contributed by atoms with Gasteiger partial charge in [-0.15, -0.1) is 0 Å². The quantitative estimate of drug-likeness (QED) is 0.255. The van der Waals surface area contributed by atoms with Gasteiger partial charge in [-0.05, 0) is 97.9 Å². The van der Waals surface area contributed by atoms with E-state index in [-0.39, 0.29) is 34.0 Å². The van der Waals surface area contributed by atoms with Crippen LogP contribution in [0.15, 0.2) is 24.4 Å². The average Bonchev–Trinajstić information content (AvgIpc) is 3.84. The summed E-state index contributed by atoms with van der Waals surface area (Å²) in [6.45, 7) is 14.2. The van der Waals surface area contributed by atoms with Crippen molar-refractivity contribution in [2.24, 2.45) is 0 Å². The van der Waals surface area contributed by atoms with Crippen LogP contribution in [0, 0.1) is 11.8 Å². The lowest BCUT2D eigenvalue weighted by Gasteiger charge is -2.34. The van der Waals surface area contributed by atoms with E-state index in [9.17, 15) is 9.59 Å². The molecule has 4 aromatic rings. The van der Waals surface area contributed by atoms with Gasteiger partial charge in [0.05, 0.1) is 29.0 Å². The van der Waals surface area contributed by atoms with Gasteiger partial charge in [0.1, 0.15) is 59.8 Å². The maximum atomic E-state index is 13.1. The predicted molar refractivity (Wildman–Crippen MR) is 202 cm³/mol. The third-order valence-electron chi connectivity index (χ3n) is 9.30. The van der Waals surface area contributed by atoms with E-state index in [2.05, 4.69) is 26.8 Å². The first-order chi connectivity index (χ1) is 23.9. The molecule has 2 fully saturated rings. The number of hydrogen-bond acceptors (Lipinski definition) is 6. The second kappa shape index (κ2) is 13.2. The Bertz CT molecular complexity index is 2060. The summed E-state index contributed by atoms with van der Waals surface area (Å²) in [6.07, 6.45) is 4.00. The summed E-state index contributed by atoms with van der Waals surface area (Å²) >= 11 is 0. The highest BCUT2D eigenvalue weighted by Gasteiger charge is 2.45. The number of carbonyl (C=O) groups is 2. The van der Waals surface area contributed by atoms with Gasteiger partial charge in [-0.2, -0.15) is 0 Å². The minimum atomic E-state index is -0.642. The van der Waals surface area contributed by atoms with E-state index in [1.165, 1.54) is 0 Å². The maximum absolute atomic E-state index is 13.1. The van der Waals surface area contributed by atoms with Crippen LogP contribution in [-0.4, -0.2) is 97.6 Å². The molecular weight excluding hydrogens is 636 g/mol. The zero-order valence-corrected chi connectivity index (χ0v) is 30.4. The van der Waals surface area contributed by atoms with E-state index in [0.717, 1.165) is 36.7 Å². The van der Waals surface area contributed by atoms with Gasteiger partial charge in [-0.1, -0.05) is 33.7 Å². The Balaban J connectivity index is 1.26. The number of aromatic nitrogens is 4. The van der Waals surface area contributed by atoms with Crippen molar-refractivity contribution < 1.29 is 19.1 Å². The Morgan fingerprint density at radius 1 is 0.902 bits per heavy atom. The number of carbonyl (C=O) groups excluding carboxylic acids is 2. The van der Waals surface area contributed by atoms with Crippen LogP contribution >= 0.6 is 0 Å². The molecule has 2 saturated heterocycles. The minimum Gasteiger partial charge on any atom is -0.444 e. The van der Waals surface area contributed by atoms with E-state index in [1.54, 1.807) is 16.0 Å². The summed E-state index contributed by atoms with van der Waals surface area (Å²) in [5, 5.41) is 0. The fourth-order valence-electron chi connectivity index (χ4n) is 6.77. The Labute approximate surface area is 304 Å². The van der Waals surface area contributed by atoms with Crippen LogP contribution < -0.4 is 21.9 Å². The van der Waals surface area contributed by atoms with Gasteiger partial charge in [0, 0.05) is 24.2 Å². The number of rotatable bonds is 3. The van der Waals surface area contributed by atoms with Crippen molar-refractivity contribution in [3.63, 3.8) is 0 Å². The lowest BCUT2D eigenvalue weighted by atomic mass is 9.64. The molecule has 51 heavy (non-hydrogen) atoms. The monoisotopic (exact) mass is 676 g/mol. The lowest BCUT2D eigenvalue weighted by molar-refractivity contribution is 0.00861. The predicted octanol–water partition coefficient (Wildman–Crippen LogP) is 2.85. The molecular formula is C37H40B4N6O4. The first kappa shape index (κ1) is 36.3. The second-order valence-corrected chi connectivity index (χ2v) is 15.5. The fraction of sp³-hybridized carbons (Fsp3) is 0.459.